The average molecular weight is 252 g/mol. The Balaban J connectivity index is 4.38. The lowest BCUT2D eigenvalue weighted by Gasteiger charge is -2.11. The van der Waals surface area contributed by atoms with Crippen LogP contribution in [-0.2, 0) is 4.79 Å². The van der Waals surface area contributed by atoms with Gasteiger partial charge in [-0.25, -0.2) is 4.79 Å². The highest BCUT2D eigenvalue weighted by atomic mass is 16.4. The first-order valence-electron chi connectivity index (χ1n) is 6.22. The van der Waals surface area contributed by atoms with E-state index in [4.69, 9.17) is 5.11 Å². The quantitative estimate of drug-likeness (QED) is 0.514. The summed E-state index contributed by atoms with van der Waals surface area (Å²) in [5.74, 6) is -0.924. The zero-order valence-corrected chi connectivity index (χ0v) is 11.6. The molecule has 0 aliphatic carbocycles. The fourth-order valence-corrected chi connectivity index (χ4v) is 1.56. The van der Waals surface area contributed by atoms with Gasteiger partial charge in [0.05, 0.1) is 6.10 Å². The summed E-state index contributed by atoms with van der Waals surface area (Å²) in [5.41, 5.74) is 2.81. The SMILES string of the molecule is C=C(C)[C@H](O)CC/C(=C/C(=O)O)CCC=C(C)C. The Bertz CT molecular complexity index is 347. The summed E-state index contributed by atoms with van der Waals surface area (Å²) >= 11 is 0. The van der Waals surface area contributed by atoms with Crippen LogP contribution in [0.25, 0.3) is 0 Å². The van der Waals surface area contributed by atoms with Gasteiger partial charge >= 0.3 is 5.97 Å². The summed E-state index contributed by atoms with van der Waals surface area (Å²) in [6.45, 7) is 9.49. The lowest BCUT2D eigenvalue weighted by molar-refractivity contribution is -0.131. The fourth-order valence-electron chi connectivity index (χ4n) is 1.56. The van der Waals surface area contributed by atoms with Crippen LogP contribution in [0, 0.1) is 0 Å². The van der Waals surface area contributed by atoms with E-state index >= 15 is 0 Å². The van der Waals surface area contributed by atoms with Crippen LogP contribution in [0.15, 0.2) is 35.5 Å². The molecule has 2 N–H and O–H groups in total. The van der Waals surface area contributed by atoms with E-state index in [-0.39, 0.29) is 0 Å². The molecule has 0 fully saturated rings. The van der Waals surface area contributed by atoms with Crippen LogP contribution in [0.4, 0.5) is 0 Å². The van der Waals surface area contributed by atoms with Gasteiger partial charge in [-0.15, -0.1) is 0 Å². The van der Waals surface area contributed by atoms with Crippen LogP contribution >= 0.6 is 0 Å². The lowest BCUT2D eigenvalue weighted by atomic mass is 9.99. The Labute approximate surface area is 110 Å². The van der Waals surface area contributed by atoms with Gasteiger partial charge in [0.2, 0.25) is 0 Å². The number of carboxylic acids is 1. The first-order valence-corrected chi connectivity index (χ1v) is 6.22. The third kappa shape index (κ3) is 8.76. The molecule has 0 unspecified atom stereocenters. The summed E-state index contributed by atoms with van der Waals surface area (Å²) in [5, 5.41) is 18.4. The summed E-state index contributed by atoms with van der Waals surface area (Å²) < 4.78 is 0. The van der Waals surface area contributed by atoms with Crippen molar-refractivity contribution in [2.24, 2.45) is 0 Å². The number of carboxylic acid groups (broad SMARTS) is 1. The van der Waals surface area contributed by atoms with Gasteiger partial charge in [-0.2, -0.15) is 0 Å². The largest absolute Gasteiger partial charge is 0.478 e. The average Bonchev–Trinajstić information content (AvgIpc) is 2.23. The Hall–Kier alpha value is -1.35. The van der Waals surface area contributed by atoms with Crippen molar-refractivity contribution < 1.29 is 15.0 Å². The Morgan fingerprint density at radius 1 is 1.28 bits per heavy atom. The van der Waals surface area contributed by atoms with Crippen molar-refractivity contribution in [2.75, 3.05) is 0 Å². The number of carbonyl (C=O) groups is 1. The van der Waals surface area contributed by atoms with E-state index in [1.165, 1.54) is 11.6 Å². The van der Waals surface area contributed by atoms with Gasteiger partial charge in [-0.3, -0.25) is 0 Å². The second-order valence-corrected chi connectivity index (χ2v) is 4.86. The highest BCUT2D eigenvalue weighted by Gasteiger charge is 2.07. The standard InChI is InChI=1S/C15H24O3/c1-11(2)6-5-7-13(10-15(17)18)8-9-14(16)12(3)4/h6,10,14,16H,3,5,7-9H2,1-2,4H3,(H,17,18)/b13-10+/t14-/m1/s1. The molecule has 0 aliphatic heterocycles. The summed E-state index contributed by atoms with van der Waals surface area (Å²) in [6.07, 6.45) is 5.48. The topological polar surface area (TPSA) is 57.5 Å². The number of hydrogen-bond donors (Lipinski definition) is 2. The maximum absolute atomic E-state index is 10.7. The van der Waals surface area contributed by atoms with E-state index < -0.39 is 12.1 Å². The minimum atomic E-state index is -0.924. The van der Waals surface area contributed by atoms with Crippen LogP contribution in [-0.4, -0.2) is 22.3 Å². The van der Waals surface area contributed by atoms with E-state index in [0.29, 0.717) is 18.4 Å². The Kier molecular flexibility index (Phi) is 8.05. The predicted octanol–water partition coefficient (Wildman–Crippen LogP) is 3.46. The van der Waals surface area contributed by atoms with Gasteiger partial charge in [-0.1, -0.05) is 29.4 Å². The molecule has 18 heavy (non-hydrogen) atoms. The van der Waals surface area contributed by atoms with Crippen molar-refractivity contribution in [3.63, 3.8) is 0 Å². The van der Waals surface area contributed by atoms with E-state index in [0.717, 1.165) is 18.4 Å². The smallest absolute Gasteiger partial charge is 0.328 e. The van der Waals surface area contributed by atoms with Gasteiger partial charge in [-0.05, 0) is 46.5 Å². The van der Waals surface area contributed by atoms with Crippen molar-refractivity contribution in [1.82, 2.24) is 0 Å². The van der Waals surface area contributed by atoms with Crippen LogP contribution in [0.3, 0.4) is 0 Å². The molecule has 0 saturated heterocycles. The molecule has 0 aromatic rings. The van der Waals surface area contributed by atoms with E-state index in [1.54, 1.807) is 6.92 Å². The van der Waals surface area contributed by atoms with Crippen LogP contribution in [0.5, 0.6) is 0 Å². The molecule has 0 amide bonds. The van der Waals surface area contributed by atoms with Crippen molar-refractivity contribution in [1.29, 1.82) is 0 Å². The molecule has 3 nitrogen and oxygen atoms in total. The normalized spacial score (nSPS) is 13.0. The molecular formula is C15H24O3. The molecule has 0 heterocycles. The second-order valence-electron chi connectivity index (χ2n) is 4.86. The van der Waals surface area contributed by atoms with Crippen LogP contribution < -0.4 is 0 Å². The predicted molar refractivity (Wildman–Crippen MR) is 74.4 cm³/mol. The summed E-state index contributed by atoms with van der Waals surface area (Å²) in [4.78, 5) is 10.7. The molecule has 0 saturated carbocycles. The van der Waals surface area contributed by atoms with E-state index in [1.807, 2.05) is 13.8 Å². The number of aliphatic hydroxyl groups excluding tert-OH is 1. The molecule has 1 atom stereocenters. The molecule has 102 valence electrons. The second kappa shape index (κ2) is 8.70. The molecule has 0 rings (SSSR count). The molecule has 0 radical (unpaired) electrons. The van der Waals surface area contributed by atoms with Crippen molar-refractivity contribution in [3.8, 4) is 0 Å². The van der Waals surface area contributed by atoms with Gasteiger partial charge in [0, 0.05) is 6.08 Å². The minimum absolute atomic E-state index is 0.531. The maximum Gasteiger partial charge on any atom is 0.328 e. The number of aliphatic carboxylic acids is 1. The molecule has 0 bridgehead atoms. The highest BCUT2D eigenvalue weighted by molar-refractivity contribution is 5.80. The zero-order chi connectivity index (χ0) is 14.1. The number of aliphatic hydroxyl groups is 1. The molecule has 0 aliphatic rings. The lowest BCUT2D eigenvalue weighted by Crippen LogP contribution is -2.07. The summed E-state index contributed by atoms with van der Waals surface area (Å²) in [6, 6.07) is 0. The van der Waals surface area contributed by atoms with Crippen molar-refractivity contribution in [2.45, 2.75) is 52.6 Å². The van der Waals surface area contributed by atoms with Crippen LogP contribution in [0.1, 0.15) is 46.5 Å². The monoisotopic (exact) mass is 252 g/mol. The first-order chi connectivity index (χ1) is 8.32. The van der Waals surface area contributed by atoms with Crippen molar-refractivity contribution >= 4 is 5.97 Å². The third-order valence-corrected chi connectivity index (χ3v) is 2.65. The molecule has 0 spiro atoms. The molecule has 0 aromatic heterocycles. The molecule has 0 aromatic carbocycles. The molecular weight excluding hydrogens is 228 g/mol. The van der Waals surface area contributed by atoms with Gasteiger partial charge < -0.3 is 10.2 Å². The number of rotatable bonds is 8. The van der Waals surface area contributed by atoms with E-state index in [2.05, 4.69) is 12.7 Å². The maximum atomic E-state index is 10.7. The third-order valence-electron chi connectivity index (χ3n) is 2.65. The number of allylic oxidation sites excluding steroid dienone is 3. The minimum Gasteiger partial charge on any atom is -0.478 e. The van der Waals surface area contributed by atoms with Gasteiger partial charge in [0.1, 0.15) is 0 Å². The fraction of sp³-hybridized carbons (Fsp3) is 0.533. The van der Waals surface area contributed by atoms with Gasteiger partial charge in [0.25, 0.3) is 0 Å². The first kappa shape index (κ1) is 16.6. The van der Waals surface area contributed by atoms with Gasteiger partial charge in [0.15, 0.2) is 0 Å². The summed E-state index contributed by atoms with van der Waals surface area (Å²) in [7, 11) is 0. The Morgan fingerprint density at radius 2 is 1.89 bits per heavy atom. The van der Waals surface area contributed by atoms with Crippen LogP contribution in [0.2, 0.25) is 0 Å². The Morgan fingerprint density at radius 3 is 2.33 bits per heavy atom. The molecule has 3 heteroatoms. The zero-order valence-electron chi connectivity index (χ0n) is 11.6. The number of hydrogen-bond acceptors (Lipinski definition) is 2. The highest BCUT2D eigenvalue weighted by Crippen LogP contribution is 2.17. The van der Waals surface area contributed by atoms with Crippen molar-refractivity contribution in [3.05, 3.63) is 35.5 Å². The van der Waals surface area contributed by atoms with E-state index in [9.17, 15) is 9.90 Å².